The monoisotopic (exact) mass is 408 g/mol. The number of nitrogens with zero attached hydrogens (tertiary/aromatic N) is 1. The maximum absolute atomic E-state index is 13.2. The predicted molar refractivity (Wildman–Crippen MR) is 96.2 cm³/mol. The molecule has 2 aromatic carbocycles. The standard InChI is InChI=1S/C17H17BrN2O3S/c1-11-6-7-14(18)9-16(11)24(22,23)20-10-13(17(19)21)8-12-4-2-3-5-15(12)20/h2-7,9,13H,8,10H2,1H3,(H2,19,21)/t13-/m1/s1. The van der Waals surface area contributed by atoms with Gasteiger partial charge in [0.05, 0.1) is 16.5 Å². The normalized spacial score (nSPS) is 17.4. The number of para-hydroxylation sites is 1. The Bertz CT molecular complexity index is 912. The first-order valence-corrected chi connectivity index (χ1v) is 9.70. The van der Waals surface area contributed by atoms with Crippen molar-refractivity contribution in [3.63, 3.8) is 0 Å². The number of hydrogen-bond acceptors (Lipinski definition) is 3. The number of fused-ring (bicyclic) bond motifs is 1. The highest BCUT2D eigenvalue weighted by Crippen LogP contribution is 2.35. The van der Waals surface area contributed by atoms with Gasteiger partial charge in [-0.15, -0.1) is 0 Å². The van der Waals surface area contributed by atoms with E-state index in [1.165, 1.54) is 4.31 Å². The van der Waals surface area contributed by atoms with Crippen LogP contribution in [0.4, 0.5) is 5.69 Å². The molecular formula is C17H17BrN2O3S. The number of hydrogen-bond donors (Lipinski definition) is 1. The van der Waals surface area contributed by atoms with E-state index in [4.69, 9.17) is 5.73 Å². The Morgan fingerprint density at radius 2 is 1.96 bits per heavy atom. The molecule has 7 heteroatoms. The molecule has 1 amide bonds. The summed E-state index contributed by atoms with van der Waals surface area (Å²) in [5.74, 6) is -1.03. The van der Waals surface area contributed by atoms with Crippen LogP contribution in [-0.4, -0.2) is 20.9 Å². The van der Waals surface area contributed by atoms with Crippen LogP contribution in [0.1, 0.15) is 11.1 Å². The van der Waals surface area contributed by atoms with E-state index in [1.807, 2.05) is 12.1 Å². The first kappa shape index (κ1) is 17.0. The minimum Gasteiger partial charge on any atom is -0.369 e. The van der Waals surface area contributed by atoms with E-state index in [0.717, 1.165) is 5.56 Å². The average molecular weight is 409 g/mol. The lowest BCUT2D eigenvalue weighted by Gasteiger charge is -2.34. The zero-order chi connectivity index (χ0) is 17.5. The second kappa shape index (κ2) is 6.22. The number of rotatable bonds is 3. The van der Waals surface area contributed by atoms with Crippen LogP contribution in [-0.2, 0) is 21.2 Å². The van der Waals surface area contributed by atoms with Crippen LogP contribution in [0, 0.1) is 12.8 Å². The van der Waals surface area contributed by atoms with E-state index in [0.29, 0.717) is 22.1 Å². The molecule has 0 aliphatic carbocycles. The molecule has 0 spiro atoms. The summed E-state index contributed by atoms with van der Waals surface area (Å²) < 4.78 is 28.5. The fourth-order valence-electron chi connectivity index (χ4n) is 2.94. The van der Waals surface area contributed by atoms with E-state index in [1.54, 1.807) is 37.3 Å². The Labute approximate surface area is 149 Å². The first-order chi connectivity index (χ1) is 11.3. The van der Waals surface area contributed by atoms with E-state index in [2.05, 4.69) is 15.9 Å². The lowest BCUT2D eigenvalue weighted by Crippen LogP contribution is -2.44. The van der Waals surface area contributed by atoms with Gasteiger partial charge in [0.2, 0.25) is 5.91 Å². The molecule has 0 saturated heterocycles. The van der Waals surface area contributed by atoms with Crippen molar-refractivity contribution in [3.05, 3.63) is 58.1 Å². The van der Waals surface area contributed by atoms with E-state index in [-0.39, 0.29) is 11.4 Å². The average Bonchev–Trinajstić information content (AvgIpc) is 2.55. The first-order valence-electron chi connectivity index (χ1n) is 7.47. The van der Waals surface area contributed by atoms with E-state index >= 15 is 0 Å². The number of carbonyl (C=O) groups excluding carboxylic acids is 1. The highest BCUT2D eigenvalue weighted by Gasteiger charge is 2.35. The Morgan fingerprint density at radius 3 is 2.67 bits per heavy atom. The van der Waals surface area contributed by atoms with Crippen LogP contribution < -0.4 is 10.0 Å². The number of benzene rings is 2. The number of primary amides is 1. The second-order valence-corrected chi connectivity index (χ2v) is 8.62. The van der Waals surface area contributed by atoms with Crippen molar-refractivity contribution in [2.24, 2.45) is 11.7 Å². The molecule has 0 unspecified atom stereocenters. The largest absolute Gasteiger partial charge is 0.369 e. The molecule has 5 nitrogen and oxygen atoms in total. The fraction of sp³-hybridized carbons (Fsp3) is 0.235. The quantitative estimate of drug-likeness (QED) is 0.847. The van der Waals surface area contributed by atoms with Crippen LogP contribution in [0.5, 0.6) is 0 Å². The molecule has 1 aliphatic rings. The number of halogens is 1. The summed E-state index contributed by atoms with van der Waals surface area (Å²) in [7, 11) is -3.80. The third-order valence-corrected chi connectivity index (χ3v) is 6.65. The van der Waals surface area contributed by atoms with Crippen LogP contribution in [0.3, 0.4) is 0 Å². The molecule has 2 N–H and O–H groups in total. The second-order valence-electron chi connectivity index (χ2n) is 5.88. The summed E-state index contributed by atoms with van der Waals surface area (Å²) in [5, 5.41) is 0. The van der Waals surface area contributed by atoms with Crippen molar-refractivity contribution in [2.75, 3.05) is 10.8 Å². The van der Waals surface area contributed by atoms with Gasteiger partial charge in [-0.3, -0.25) is 9.10 Å². The molecule has 1 aliphatic heterocycles. The van der Waals surface area contributed by atoms with Gasteiger partial charge in [0, 0.05) is 11.0 Å². The van der Waals surface area contributed by atoms with Crippen LogP contribution >= 0.6 is 15.9 Å². The summed E-state index contributed by atoms with van der Waals surface area (Å²) in [5.41, 5.74) is 7.52. The minimum atomic E-state index is -3.80. The Morgan fingerprint density at radius 1 is 1.25 bits per heavy atom. The van der Waals surface area contributed by atoms with Crippen LogP contribution in [0.15, 0.2) is 51.8 Å². The lowest BCUT2D eigenvalue weighted by atomic mass is 9.93. The van der Waals surface area contributed by atoms with Crippen molar-refractivity contribution in [1.82, 2.24) is 0 Å². The van der Waals surface area contributed by atoms with Crippen LogP contribution in [0.25, 0.3) is 0 Å². The number of sulfonamides is 1. The van der Waals surface area contributed by atoms with Gasteiger partial charge in [-0.1, -0.05) is 40.2 Å². The SMILES string of the molecule is Cc1ccc(Br)cc1S(=O)(=O)N1C[C@H](C(N)=O)Cc2ccccc21. The van der Waals surface area contributed by atoms with Gasteiger partial charge in [0.25, 0.3) is 10.0 Å². The molecule has 0 radical (unpaired) electrons. The topological polar surface area (TPSA) is 80.5 Å². The molecule has 0 saturated carbocycles. The highest BCUT2D eigenvalue weighted by atomic mass is 79.9. The molecular weight excluding hydrogens is 392 g/mol. The molecule has 0 fully saturated rings. The molecule has 0 bridgehead atoms. The molecule has 1 heterocycles. The summed E-state index contributed by atoms with van der Waals surface area (Å²) >= 11 is 3.32. The highest BCUT2D eigenvalue weighted by molar-refractivity contribution is 9.10. The summed E-state index contributed by atoms with van der Waals surface area (Å²) in [6.45, 7) is 1.81. The fourth-order valence-corrected chi connectivity index (χ4v) is 5.26. The third-order valence-electron chi connectivity index (χ3n) is 4.23. The van der Waals surface area contributed by atoms with Crippen molar-refractivity contribution >= 4 is 37.5 Å². The number of nitrogens with two attached hydrogens (primary N) is 1. The van der Waals surface area contributed by atoms with Crippen LogP contribution in [0.2, 0.25) is 0 Å². The number of carbonyl (C=O) groups is 1. The van der Waals surface area contributed by atoms with Gasteiger partial charge in [0.1, 0.15) is 0 Å². The van der Waals surface area contributed by atoms with Gasteiger partial charge < -0.3 is 5.73 Å². The smallest absolute Gasteiger partial charge is 0.264 e. The molecule has 0 aromatic heterocycles. The summed E-state index contributed by atoms with van der Waals surface area (Å²) in [4.78, 5) is 11.9. The summed E-state index contributed by atoms with van der Waals surface area (Å²) in [6.07, 6.45) is 0.453. The lowest BCUT2D eigenvalue weighted by molar-refractivity contribution is -0.121. The van der Waals surface area contributed by atoms with Crippen molar-refractivity contribution in [2.45, 2.75) is 18.2 Å². The maximum atomic E-state index is 13.2. The van der Waals surface area contributed by atoms with Gasteiger partial charge in [-0.25, -0.2) is 8.42 Å². The minimum absolute atomic E-state index is 0.0562. The molecule has 2 aromatic rings. The molecule has 126 valence electrons. The number of aryl methyl sites for hydroxylation is 1. The van der Waals surface area contributed by atoms with Crippen molar-refractivity contribution in [1.29, 1.82) is 0 Å². The van der Waals surface area contributed by atoms with E-state index in [9.17, 15) is 13.2 Å². The van der Waals surface area contributed by atoms with Gasteiger partial charge >= 0.3 is 0 Å². The molecule has 1 atom stereocenters. The number of anilines is 1. The zero-order valence-electron chi connectivity index (χ0n) is 13.1. The Balaban J connectivity index is 2.16. The zero-order valence-corrected chi connectivity index (χ0v) is 15.5. The van der Waals surface area contributed by atoms with E-state index < -0.39 is 21.8 Å². The van der Waals surface area contributed by atoms with Gasteiger partial charge in [0.15, 0.2) is 0 Å². The third kappa shape index (κ3) is 2.93. The van der Waals surface area contributed by atoms with Crippen molar-refractivity contribution < 1.29 is 13.2 Å². The molecule has 24 heavy (non-hydrogen) atoms. The number of amides is 1. The summed E-state index contributed by atoms with van der Waals surface area (Å²) in [6, 6.07) is 12.3. The molecule has 3 rings (SSSR count). The predicted octanol–water partition coefficient (Wildman–Crippen LogP) is 2.61. The Hall–Kier alpha value is -1.86. The van der Waals surface area contributed by atoms with Crippen molar-refractivity contribution in [3.8, 4) is 0 Å². The maximum Gasteiger partial charge on any atom is 0.264 e. The Kier molecular flexibility index (Phi) is 4.40. The van der Waals surface area contributed by atoms with Gasteiger partial charge in [-0.2, -0.15) is 0 Å². The van der Waals surface area contributed by atoms with Gasteiger partial charge in [-0.05, 0) is 42.7 Å².